The smallest absolute Gasteiger partial charge is 0.315 e. The maximum absolute atomic E-state index is 12.2. The largest absolute Gasteiger partial charge is 0.494 e. The van der Waals surface area contributed by atoms with Gasteiger partial charge >= 0.3 is 6.03 Å². The highest BCUT2D eigenvalue weighted by atomic mass is 16.5. The Bertz CT molecular complexity index is 504. The summed E-state index contributed by atoms with van der Waals surface area (Å²) in [5, 5.41) is 6.04. The first-order chi connectivity index (χ1) is 11.6. The van der Waals surface area contributed by atoms with Crippen LogP contribution in [-0.2, 0) is 0 Å². The fourth-order valence-corrected chi connectivity index (χ4v) is 3.27. The molecular weight excluding hydrogens is 302 g/mol. The van der Waals surface area contributed by atoms with Gasteiger partial charge in [-0.05, 0) is 57.5 Å². The first-order valence-corrected chi connectivity index (χ1v) is 9.15. The second-order valence-corrected chi connectivity index (χ2v) is 6.36. The number of rotatable bonds is 7. The molecule has 5 nitrogen and oxygen atoms in total. The van der Waals surface area contributed by atoms with Crippen LogP contribution in [0.4, 0.5) is 4.79 Å². The number of likely N-dealkylation sites (tertiary alicyclic amines) is 1. The number of nitrogens with zero attached hydrogens (tertiary/aromatic N) is 1. The Morgan fingerprint density at radius 3 is 2.71 bits per heavy atom. The lowest BCUT2D eigenvalue weighted by Gasteiger charge is -2.35. The van der Waals surface area contributed by atoms with Crippen LogP contribution < -0.4 is 15.4 Å². The number of piperidine rings is 1. The third kappa shape index (κ3) is 5.41. The van der Waals surface area contributed by atoms with Crippen LogP contribution in [0.25, 0.3) is 0 Å². The minimum atomic E-state index is -0.0991. The van der Waals surface area contributed by atoms with Crippen LogP contribution in [0.3, 0.4) is 0 Å². The number of carbonyl (C=O) groups excluding carboxylic acids is 1. The van der Waals surface area contributed by atoms with Crippen LogP contribution in [0.15, 0.2) is 24.3 Å². The number of nitrogens with one attached hydrogen (secondary N) is 2. The molecule has 1 fully saturated rings. The molecule has 0 bridgehead atoms. The van der Waals surface area contributed by atoms with E-state index in [1.165, 1.54) is 19.3 Å². The topological polar surface area (TPSA) is 53.6 Å². The lowest BCUT2D eigenvalue weighted by Crippen LogP contribution is -2.48. The molecule has 0 spiro atoms. The van der Waals surface area contributed by atoms with Crippen molar-refractivity contribution in [3.8, 4) is 5.75 Å². The van der Waals surface area contributed by atoms with Crippen LogP contribution in [0, 0.1) is 0 Å². The number of benzene rings is 1. The lowest BCUT2D eigenvalue weighted by molar-refractivity contribution is 0.153. The molecular formula is C19H31N3O2. The molecule has 2 atom stereocenters. The molecule has 1 aromatic rings. The van der Waals surface area contributed by atoms with Crippen molar-refractivity contribution < 1.29 is 9.53 Å². The fraction of sp³-hybridized carbons (Fsp3) is 0.632. The van der Waals surface area contributed by atoms with E-state index < -0.39 is 0 Å². The molecule has 1 aliphatic heterocycles. The summed E-state index contributed by atoms with van der Waals surface area (Å²) >= 11 is 0. The van der Waals surface area contributed by atoms with E-state index in [9.17, 15) is 4.79 Å². The summed E-state index contributed by atoms with van der Waals surface area (Å²) in [5.74, 6) is 0.856. The van der Waals surface area contributed by atoms with E-state index in [4.69, 9.17) is 4.74 Å². The molecule has 0 saturated carbocycles. The normalized spacial score (nSPS) is 19.5. The molecule has 2 rings (SSSR count). The third-order valence-corrected chi connectivity index (χ3v) is 4.69. The van der Waals surface area contributed by atoms with Gasteiger partial charge in [0.25, 0.3) is 0 Å². The Balaban J connectivity index is 1.78. The number of urea groups is 1. The Kier molecular flexibility index (Phi) is 7.37. The molecule has 134 valence electrons. The quantitative estimate of drug-likeness (QED) is 0.805. The second kappa shape index (κ2) is 9.52. The number of amides is 2. The van der Waals surface area contributed by atoms with E-state index in [0.29, 0.717) is 12.6 Å². The van der Waals surface area contributed by atoms with Gasteiger partial charge in [0.2, 0.25) is 0 Å². The first-order valence-electron chi connectivity index (χ1n) is 9.15. The van der Waals surface area contributed by atoms with Gasteiger partial charge in [0.15, 0.2) is 0 Å². The van der Waals surface area contributed by atoms with Crippen LogP contribution in [0.2, 0.25) is 0 Å². The molecule has 0 aliphatic carbocycles. The molecule has 1 saturated heterocycles. The van der Waals surface area contributed by atoms with E-state index in [0.717, 1.165) is 30.9 Å². The van der Waals surface area contributed by atoms with Gasteiger partial charge in [0.1, 0.15) is 5.75 Å². The van der Waals surface area contributed by atoms with Gasteiger partial charge in [-0.15, -0.1) is 0 Å². The van der Waals surface area contributed by atoms with Gasteiger partial charge in [-0.25, -0.2) is 4.79 Å². The summed E-state index contributed by atoms with van der Waals surface area (Å²) in [6.45, 7) is 9.72. The summed E-state index contributed by atoms with van der Waals surface area (Å²) in [4.78, 5) is 14.6. The molecule has 24 heavy (non-hydrogen) atoms. The molecule has 0 aromatic heterocycles. The molecule has 0 radical (unpaired) electrons. The zero-order chi connectivity index (χ0) is 17.4. The average Bonchev–Trinajstić information content (AvgIpc) is 2.61. The van der Waals surface area contributed by atoms with Crippen molar-refractivity contribution in [3.63, 3.8) is 0 Å². The summed E-state index contributed by atoms with van der Waals surface area (Å²) < 4.78 is 5.44. The van der Waals surface area contributed by atoms with Gasteiger partial charge in [-0.3, -0.25) is 4.90 Å². The van der Waals surface area contributed by atoms with Gasteiger partial charge in [0, 0.05) is 12.6 Å². The first kappa shape index (κ1) is 18.6. The zero-order valence-corrected chi connectivity index (χ0v) is 15.2. The molecule has 1 aliphatic rings. The van der Waals surface area contributed by atoms with Crippen molar-refractivity contribution >= 4 is 6.03 Å². The summed E-state index contributed by atoms with van der Waals surface area (Å²) in [6, 6.07) is 8.21. The number of ether oxygens (including phenoxy) is 1. The van der Waals surface area contributed by atoms with Gasteiger partial charge in [-0.1, -0.05) is 25.5 Å². The van der Waals surface area contributed by atoms with E-state index >= 15 is 0 Å². The predicted molar refractivity (Wildman–Crippen MR) is 97.4 cm³/mol. The Morgan fingerprint density at radius 1 is 1.29 bits per heavy atom. The van der Waals surface area contributed by atoms with Gasteiger partial charge < -0.3 is 15.4 Å². The molecule has 2 unspecified atom stereocenters. The van der Waals surface area contributed by atoms with Crippen molar-refractivity contribution in [1.82, 2.24) is 15.5 Å². The molecule has 1 heterocycles. The molecule has 5 heteroatoms. The van der Waals surface area contributed by atoms with Crippen molar-refractivity contribution in [1.29, 1.82) is 0 Å². The number of likely N-dealkylation sites (N-methyl/N-ethyl adjacent to an activating group) is 1. The third-order valence-electron chi connectivity index (χ3n) is 4.69. The van der Waals surface area contributed by atoms with Crippen molar-refractivity contribution in [2.45, 2.75) is 52.1 Å². The van der Waals surface area contributed by atoms with E-state index in [2.05, 4.69) is 22.5 Å². The maximum atomic E-state index is 12.2. The summed E-state index contributed by atoms with van der Waals surface area (Å²) in [5.41, 5.74) is 1.07. The maximum Gasteiger partial charge on any atom is 0.315 e. The van der Waals surface area contributed by atoms with Crippen molar-refractivity contribution in [2.75, 3.05) is 26.2 Å². The van der Waals surface area contributed by atoms with Crippen molar-refractivity contribution in [2.24, 2.45) is 0 Å². The fourth-order valence-electron chi connectivity index (χ4n) is 3.27. The molecule has 1 aromatic carbocycles. The lowest BCUT2D eigenvalue weighted by atomic mass is 10.0. The monoisotopic (exact) mass is 333 g/mol. The molecule has 2 amide bonds. The minimum absolute atomic E-state index is 0.0330. The summed E-state index contributed by atoms with van der Waals surface area (Å²) in [7, 11) is 0. The highest BCUT2D eigenvalue weighted by Gasteiger charge is 2.21. The molecule has 2 N–H and O–H groups in total. The minimum Gasteiger partial charge on any atom is -0.494 e. The number of hydrogen-bond donors (Lipinski definition) is 2. The standard InChI is InChI=1S/C19H31N3O2/c1-4-22-13-7-6-8-17(22)14-20-19(23)21-15(3)16-9-11-18(12-10-16)24-5-2/h9-12,15,17H,4-8,13-14H2,1-3H3,(H2,20,21,23). The SMILES string of the molecule is CCOc1ccc(C(C)NC(=O)NCC2CCCCN2CC)cc1. The average molecular weight is 333 g/mol. The van der Waals surface area contributed by atoms with Crippen LogP contribution in [0.5, 0.6) is 5.75 Å². The van der Waals surface area contributed by atoms with Crippen LogP contribution >= 0.6 is 0 Å². The van der Waals surface area contributed by atoms with Gasteiger partial charge in [0.05, 0.1) is 12.6 Å². The number of carbonyl (C=O) groups is 1. The summed E-state index contributed by atoms with van der Waals surface area (Å²) in [6.07, 6.45) is 3.70. The Morgan fingerprint density at radius 2 is 2.04 bits per heavy atom. The highest BCUT2D eigenvalue weighted by molar-refractivity contribution is 5.74. The van der Waals surface area contributed by atoms with E-state index in [1.807, 2.05) is 38.1 Å². The van der Waals surface area contributed by atoms with Crippen molar-refractivity contribution in [3.05, 3.63) is 29.8 Å². The highest BCUT2D eigenvalue weighted by Crippen LogP contribution is 2.18. The number of hydrogen-bond acceptors (Lipinski definition) is 3. The predicted octanol–water partition coefficient (Wildman–Crippen LogP) is 3.32. The van der Waals surface area contributed by atoms with Crippen LogP contribution in [-0.4, -0.2) is 43.2 Å². The Labute approximate surface area is 145 Å². The van der Waals surface area contributed by atoms with Crippen LogP contribution in [0.1, 0.15) is 51.6 Å². The van der Waals surface area contributed by atoms with E-state index in [-0.39, 0.29) is 12.1 Å². The second-order valence-electron chi connectivity index (χ2n) is 6.36. The zero-order valence-electron chi connectivity index (χ0n) is 15.2. The Hall–Kier alpha value is -1.75. The van der Waals surface area contributed by atoms with Gasteiger partial charge in [-0.2, -0.15) is 0 Å². The van der Waals surface area contributed by atoms with E-state index in [1.54, 1.807) is 0 Å².